The highest BCUT2D eigenvalue weighted by Crippen LogP contribution is 2.29. The third-order valence-electron chi connectivity index (χ3n) is 2.86. The lowest BCUT2D eigenvalue weighted by atomic mass is 9.90. The summed E-state index contributed by atoms with van der Waals surface area (Å²) in [6, 6.07) is 5.11. The van der Waals surface area contributed by atoms with Gasteiger partial charge in [0.15, 0.2) is 0 Å². The second-order valence-electron chi connectivity index (χ2n) is 4.10. The minimum atomic E-state index is -4.70. The third kappa shape index (κ3) is 2.97. The highest BCUT2D eigenvalue weighted by Gasteiger charge is 2.39. The van der Waals surface area contributed by atoms with E-state index in [4.69, 9.17) is 10.8 Å². The first-order valence-electron chi connectivity index (χ1n) is 5.56. The molecule has 18 heavy (non-hydrogen) atoms. The summed E-state index contributed by atoms with van der Waals surface area (Å²) in [5.41, 5.74) is 0.671. The van der Waals surface area contributed by atoms with Crippen molar-refractivity contribution in [1.29, 1.82) is 10.8 Å². The Kier molecular flexibility index (Phi) is 4.27. The van der Waals surface area contributed by atoms with Gasteiger partial charge in [0, 0.05) is 6.21 Å². The van der Waals surface area contributed by atoms with Crippen LogP contribution in [0.25, 0.3) is 0 Å². The number of nitrogens with one attached hydrogen (secondary N) is 2. The number of hydrogen-bond donors (Lipinski definition) is 2. The van der Waals surface area contributed by atoms with E-state index in [9.17, 15) is 13.2 Å². The Morgan fingerprint density at radius 3 is 2.39 bits per heavy atom. The maximum atomic E-state index is 12.5. The molecule has 0 saturated heterocycles. The SMILES string of the molecule is CCc1ccc(C(C=N)C(=N)C(F)(F)F)c(C)c1. The molecule has 1 atom stereocenters. The van der Waals surface area contributed by atoms with Crippen molar-refractivity contribution in [2.45, 2.75) is 32.4 Å². The smallest absolute Gasteiger partial charge is 0.312 e. The molecule has 5 heteroatoms. The van der Waals surface area contributed by atoms with Gasteiger partial charge in [-0.2, -0.15) is 13.2 Å². The van der Waals surface area contributed by atoms with Gasteiger partial charge in [-0.1, -0.05) is 25.1 Å². The quantitative estimate of drug-likeness (QED) is 0.768. The number of halogens is 3. The summed E-state index contributed by atoms with van der Waals surface area (Å²) in [7, 11) is 0. The van der Waals surface area contributed by atoms with Crippen LogP contribution in [0.3, 0.4) is 0 Å². The average molecular weight is 256 g/mol. The molecule has 1 aromatic rings. The Bertz CT molecular complexity index is 464. The van der Waals surface area contributed by atoms with Gasteiger partial charge in [-0.25, -0.2) is 0 Å². The standard InChI is InChI=1S/C13H15F3N2/c1-3-9-4-5-10(8(2)6-9)11(7-17)12(18)13(14,15)16/h4-7,11,17-18H,3H2,1-2H3. The molecule has 0 spiro atoms. The van der Waals surface area contributed by atoms with Crippen LogP contribution in [0.5, 0.6) is 0 Å². The van der Waals surface area contributed by atoms with Crippen molar-refractivity contribution in [2.24, 2.45) is 0 Å². The number of hydrogen-bond acceptors (Lipinski definition) is 2. The predicted octanol–water partition coefficient (Wildman–Crippen LogP) is 3.87. The Labute approximate surface area is 104 Å². The maximum absolute atomic E-state index is 12.5. The van der Waals surface area contributed by atoms with E-state index in [0.717, 1.165) is 12.0 Å². The number of aryl methyl sites for hydroxylation is 2. The molecular formula is C13H15F3N2. The molecule has 0 aliphatic rings. The van der Waals surface area contributed by atoms with Crippen molar-refractivity contribution in [3.8, 4) is 0 Å². The number of rotatable bonds is 4. The zero-order chi connectivity index (χ0) is 13.9. The normalized spacial score (nSPS) is 13.2. The summed E-state index contributed by atoms with van der Waals surface area (Å²) < 4.78 is 37.6. The summed E-state index contributed by atoms with van der Waals surface area (Å²) in [5, 5.41) is 14.3. The molecule has 0 aliphatic carbocycles. The van der Waals surface area contributed by atoms with E-state index in [1.54, 1.807) is 25.1 Å². The number of alkyl halides is 3. The monoisotopic (exact) mass is 256 g/mol. The van der Waals surface area contributed by atoms with Gasteiger partial charge in [-0.3, -0.25) is 5.41 Å². The molecule has 0 saturated carbocycles. The van der Waals surface area contributed by atoms with Crippen molar-refractivity contribution >= 4 is 11.9 Å². The van der Waals surface area contributed by atoms with Gasteiger partial charge >= 0.3 is 6.18 Å². The molecule has 0 bridgehead atoms. The molecule has 98 valence electrons. The first kappa shape index (κ1) is 14.4. The third-order valence-corrected chi connectivity index (χ3v) is 2.86. The molecule has 1 aromatic carbocycles. The number of benzene rings is 1. The molecule has 0 fully saturated rings. The van der Waals surface area contributed by atoms with Crippen LogP contribution in [0.1, 0.15) is 29.5 Å². The van der Waals surface area contributed by atoms with Gasteiger partial charge in [-0.05, 0) is 30.0 Å². The van der Waals surface area contributed by atoms with E-state index in [-0.39, 0.29) is 0 Å². The Morgan fingerprint density at radius 2 is 2.00 bits per heavy atom. The average Bonchev–Trinajstić information content (AvgIpc) is 2.30. The fourth-order valence-corrected chi connectivity index (χ4v) is 1.81. The summed E-state index contributed by atoms with van der Waals surface area (Å²) >= 11 is 0. The zero-order valence-electron chi connectivity index (χ0n) is 10.2. The zero-order valence-corrected chi connectivity index (χ0v) is 10.2. The molecular weight excluding hydrogens is 241 g/mol. The van der Waals surface area contributed by atoms with Gasteiger partial charge in [0.2, 0.25) is 0 Å². The van der Waals surface area contributed by atoms with Crippen LogP contribution in [0.2, 0.25) is 0 Å². The fourth-order valence-electron chi connectivity index (χ4n) is 1.81. The lowest BCUT2D eigenvalue weighted by Gasteiger charge is -2.18. The molecule has 0 aliphatic heterocycles. The molecule has 0 radical (unpaired) electrons. The lowest BCUT2D eigenvalue weighted by molar-refractivity contribution is -0.0612. The van der Waals surface area contributed by atoms with Gasteiger partial charge < -0.3 is 5.41 Å². The lowest BCUT2D eigenvalue weighted by Crippen LogP contribution is -2.29. The second-order valence-corrected chi connectivity index (χ2v) is 4.10. The summed E-state index contributed by atoms with van der Waals surface area (Å²) in [6.07, 6.45) is -3.23. The van der Waals surface area contributed by atoms with E-state index >= 15 is 0 Å². The minimum Gasteiger partial charge on any atom is -0.312 e. The van der Waals surface area contributed by atoms with Crippen LogP contribution < -0.4 is 0 Å². The first-order valence-corrected chi connectivity index (χ1v) is 5.56. The molecule has 0 aromatic heterocycles. The van der Waals surface area contributed by atoms with E-state index < -0.39 is 17.8 Å². The van der Waals surface area contributed by atoms with Crippen molar-refractivity contribution in [1.82, 2.24) is 0 Å². The highest BCUT2D eigenvalue weighted by atomic mass is 19.4. The highest BCUT2D eigenvalue weighted by molar-refractivity contribution is 6.04. The Hall–Kier alpha value is -1.65. The molecule has 1 rings (SSSR count). The van der Waals surface area contributed by atoms with Gasteiger partial charge in [0.25, 0.3) is 0 Å². The van der Waals surface area contributed by atoms with Crippen molar-refractivity contribution in [3.05, 3.63) is 34.9 Å². The van der Waals surface area contributed by atoms with E-state index in [0.29, 0.717) is 17.3 Å². The second kappa shape index (κ2) is 5.33. The maximum Gasteiger partial charge on any atom is 0.429 e. The van der Waals surface area contributed by atoms with Crippen LogP contribution >= 0.6 is 0 Å². The first-order chi connectivity index (χ1) is 8.31. The molecule has 0 heterocycles. The summed E-state index contributed by atoms with van der Waals surface area (Å²) in [4.78, 5) is 0. The van der Waals surface area contributed by atoms with Crippen molar-refractivity contribution < 1.29 is 13.2 Å². The van der Waals surface area contributed by atoms with Crippen LogP contribution in [0, 0.1) is 17.7 Å². The van der Waals surface area contributed by atoms with Gasteiger partial charge in [-0.15, -0.1) is 0 Å². The van der Waals surface area contributed by atoms with Crippen LogP contribution in [-0.2, 0) is 6.42 Å². The van der Waals surface area contributed by atoms with Crippen LogP contribution in [-0.4, -0.2) is 18.1 Å². The molecule has 0 amide bonds. The molecule has 1 unspecified atom stereocenters. The fraction of sp³-hybridized carbons (Fsp3) is 0.385. The van der Waals surface area contributed by atoms with Crippen molar-refractivity contribution in [2.75, 3.05) is 0 Å². The van der Waals surface area contributed by atoms with Crippen LogP contribution in [0.4, 0.5) is 13.2 Å². The van der Waals surface area contributed by atoms with Gasteiger partial charge in [0.1, 0.15) is 5.71 Å². The van der Waals surface area contributed by atoms with Crippen LogP contribution in [0.15, 0.2) is 18.2 Å². The topological polar surface area (TPSA) is 47.7 Å². The Balaban J connectivity index is 3.18. The molecule has 2 nitrogen and oxygen atoms in total. The Morgan fingerprint density at radius 1 is 1.39 bits per heavy atom. The van der Waals surface area contributed by atoms with Crippen molar-refractivity contribution in [3.63, 3.8) is 0 Å². The van der Waals surface area contributed by atoms with E-state index in [1.165, 1.54) is 0 Å². The van der Waals surface area contributed by atoms with E-state index in [1.807, 2.05) is 6.92 Å². The predicted molar refractivity (Wildman–Crippen MR) is 65.9 cm³/mol. The summed E-state index contributed by atoms with van der Waals surface area (Å²) in [5.74, 6) is -1.32. The summed E-state index contributed by atoms with van der Waals surface area (Å²) in [6.45, 7) is 3.66. The van der Waals surface area contributed by atoms with E-state index in [2.05, 4.69) is 0 Å². The van der Waals surface area contributed by atoms with Gasteiger partial charge in [0.05, 0.1) is 5.92 Å². The molecule has 2 N–H and O–H groups in total. The largest absolute Gasteiger partial charge is 0.429 e. The minimum absolute atomic E-state index is 0.365.